The van der Waals surface area contributed by atoms with E-state index in [0.717, 1.165) is 16.5 Å². The van der Waals surface area contributed by atoms with Gasteiger partial charge in [0.25, 0.3) is 0 Å². The van der Waals surface area contributed by atoms with Crippen LogP contribution in [0.1, 0.15) is 11.7 Å². The number of benzene rings is 1. The lowest BCUT2D eigenvalue weighted by molar-refractivity contribution is 0.0126. The van der Waals surface area contributed by atoms with Crippen LogP contribution in [0.25, 0.3) is 10.9 Å². The molecule has 0 spiro atoms. The van der Waals surface area contributed by atoms with Crippen molar-refractivity contribution in [1.82, 2.24) is 4.98 Å². The van der Waals surface area contributed by atoms with Crippen LogP contribution in [0.3, 0.4) is 0 Å². The van der Waals surface area contributed by atoms with Gasteiger partial charge in [0, 0.05) is 18.8 Å². The minimum Gasteiger partial charge on any atom is -0.386 e. The molecule has 2 rings (SSSR count). The molecule has 0 radical (unpaired) electrons. The Bertz CT molecular complexity index is 466. The molecule has 1 aromatic heterocycles. The van der Waals surface area contributed by atoms with Crippen molar-refractivity contribution in [3.05, 3.63) is 36.0 Å². The number of H-pyrrole nitrogens is 1. The molecule has 0 aliphatic rings. The molecular weight excluding hydrogens is 218 g/mol. The van der Waals surface area contributed by atoms with E-state index >= 15 is 0 Å². The Balaban J connectivity index is 1.95. The minimum absolute atomic E-state index is 0.291. The third kappa shape index (κ3) is 3.06. The van der Waals surface area contributed by atoms with Gasteiger partial charge in [0.15, 0.2) is 0 Å². The first-order valence-corrected chi connectivity index (χ1v) is 5.63. The van der Waals surface area contributed by atoms with Crippen LogP contribution in [0.15, 0.2) is 30.5 Å². The minimum atomic E-state index is -0.592. The third-order valence-corrected chi connectivity index (χ3v) is 2.67. The van der Waals surface area contributed by atoms with Gasteiger partial charge in [-0.25, -0.2) is 0 Å². The van der Waals surface area contributed by atoms with E-state index in [1.54, 1.807) is 7.11 Å². The van der Waals surface area contributed by atoms with E-state index in [1.165, 1.54) is 0 Å². The molecule has 92 valence electrons. The fourth-order valence-electron chi connectivity index (χ4n) is 1.71. The van der Waals surface area contributed by atoms with Gasteiger partial charge >= 0.3 is 0 Å². The smallest absolute Gasteiger partial charge is 0.102 e. The normalized spacial score (nSPS) is 13.1. The second kappa shape index (κ2) is 5.82. The van der Waals surface area contributed by atoms with Gasteiger partial charge in [-0.3, -0.25) is 0 Å². The molecule has 0 saturated heterocycles. The molecule has 0 aliphatic carbocycles. The number of ether oxygens (including phenoxy) is 2. The summed E-state index contributed by atoms with van der Waals surface area (Å²) in [6.07, 6.45) is 1.29. The largest absolute Gasteiger partial charge is 0.386 e. The van der Waals surface area contributed by atoms with Crippen LogP contribution in [0, 0.1) is 0 Å². The quantitative estimate of drug-likeness (QED) is 0.751. The molecular formula is C13H17NO3. The molecule has 4 heteroatoms. The molecule has 0 amide bonds. The Kier molecular flexibility index (Phi) is 4.14. The summed E-state index contributed by atoms with van der Waals surface area (Å²) in [7, 11) is 1.62. The highest BCUT2D eigenvalue weighted by Gasteiger charge is 2.08. The summed E-state index contributed by atoms with van der Waals surface area (Å²) in [6.45, 7) is 1.34. The van der Waals surface area contributed by atoms with Gasteiger partial charge in [0.1, 0.15) is 6.10 Å². The van der Waals surface area contributed by atoms with Crippen molar-refractivity contribution in [2.75, 3.05) is 26.9 Å². The van der Waals surface area contributed by atoms with E-state index in [2.05, 4.69) is 4.98 Å². The zero-order chi connectivity index (χ0) is 12.1. The Labute approximate surface area is 100 Å². The Morgan fingerprint density at radius 1 is 1.29 bits per heavy atom. The molecule has 1 aromatic carbocycles. The van der Waals surface area contributed by atoms with Crippen molar-refractivity contribution < 1.29 is 14.6 Å². The van der Waals surface area contributed by atoms with Crippen LogP contribution >= 0.6 is 0 Å². The molecule has 1 heterocycles. The zero-order valence-corrected chi connectivity index (χ0v) is 9.85. The van der Waals surface area contributed by atoms with Gasteiger partial charge in [0.2, 0.25) is 0 Å². The van der Waals surface area contributed by atoms with Crippen molar-refractivity contribution in [2.24, 2.45) is 0 Å². The van der Waals surface area contributed by atoms with E-state index < -0.39 is 6.10 Å². The van der Waals surface area contributed by atoms with Gasteiger partial charge in [-0.1, -0.05) is 6.07 Å². The monoisotopic (exact) mass is 235 g/mol. The fourth-order valence-corrected chi connectivity index (χ4v) is 1.71. The predicted molar refractivity (Wildman–Crippen MR) is 66.0 cm³/mol. The first-order valence-electron chi connectivity index (χ1n) is 5.63. The maximum Gasteiger partial charge on any atom is 0.102 e. The maximum atomic E-state index is 9.94. The molecule has 0 bridgehead atoms. The Hall–Kier alpha value is -1.36. The fraction of sp³-hybridized carbons (Fsp3) is 0.385. The van der Waals surface area contributed by atoms with E-state index in [9.17, 15) is 5.11 Å². The molecule has 1 atom stereocenters. The van der Waals surface area contributed by atoms with Crippen molar-refractivity contribution in [2.45, 2.75) is 6.10 Å². The Morgan fingerprint density at radius 3 is 3.00 bits per heavy atom. The third-order valence-electron chi connectivity index (χ3n) is 2.67. The van der Waals surface area contributed by atoms with Crippen molar-refractivity contribution >= 4 is 10.9 Å². The molecule has 1 unspecified atom stereocenters. The molecule has 0 saturated carbocycles. The number of methoxy groups -OCH3 is 1. The highest BCUT2D eigenvalue weighted by atomic mass is 16.5. The highest BCUT2D eigenvalue weighted by molar-refractivity contribution is 5.79. The van der Waals surface area contributed by atoms with Crippen molar-refractivity contribution in [3.63, 3.8) is 0 Å². The molecule has 17 heavy (non-hydrogen) atoms. The molecule has 0 aliphatic heterocycles. The van der Waals surface area contributed by atoms with Gasteiger partial charge in [-0.15, -0.1) is 0 Å². The number of hydrogen-bond acceptors (Lipinski definition) is 3. The summed E-state index contributed by atoms with van der Waals surface area (Å²) < 4.78 is 10.2. The highest BCUT2D eigenvalue weighted by Crippen LogP contribution is 2.19. The average molecular weight is 235 g/mol. The first-order chi connectivity index (χ1) is 8.31. The molecule has 2 N–H and O–H groups in total. The zero-order valence-electron chi connectivity index (χ0n) is 9.85. The lowest BCUT2D eigenvalue weighted by Crippen LogP contribution is -2.10. The van der Waals surface area contributed by atoms with E-state index in [0.29, 0.717) is 19.8 Å². The summed E-state index contributed by atoms with van der Waals surface area (Å²) in [5.74, 6) is 0. The summed E-state index contributed by atoms with van der Waals surface area (Å²) in [4.78, 5) is 3.12. The number of aromatic amines is 1. The SMILES string of the molecule is COCCOCC(O)c1ccc2[nH]ccc2c1. The number of fused-ring (bicyclic) bond motifs is 1. The first kappa shape index (κ1) is 12.1. The van der Waals surface area contributed by atoms with Crippen LogP contribution in [0.5, 0.6) is 0 Å². The summed E-state index contributed by atoms with van der Waals surface area (Å²) >= 11 is 0. The van der Waals surface area contributed by atoms with Gasteiger partial charge in [-0.05, 0) is 29.1 Å². The van der Waals surface area contributed by atoms with Crippen LogP contribution < -0.4 is 0 Å². The van der Waals surface area contributed by atoms with E-state index in [1.807, 2.05) is 30.5 Å². The van der Waals surface area contributed by atoms with Gasteiger partial charge in [0.05, 0.1) is 19.8 Å². The summed E-state index contributed by atoms with van der Waals surface area (Å²) in [5, 5.41) is 11.0. The van der Waals surface area contributed by atoms with E-state index in [4.69, 9.17) is 9.47 Å². The molecule has 2 aromatic rings. The number of aliphatic hydroxyl groups excluding tert-OH is 1. The summed E-state index contributed by atoms with van der Waals surface area (Å²) in [6, 6.07) is 7.82. The standard InChI is InChI=1S/C13H17NO3/c1-16-6-7-17-9-13(15)11-2-3-12-10(8-11)4-5-14-12/h2-5,8,13-15H,6-7,9H2,1H3. The van der Waals surface area contributed by atoms with Crippen LogP contribution in [-0.2, 0) is 9.47 Å². The molecule has 0 fully saturated rings. The predicted octanol–water partition coefficient (Wildman–Crippen LogP) is 1.86. The lowest BCUT2D eigenvalue weighted by Gasteiger charge is -2.11. The van der Waals surface area contributed by atoms with Crippen molar-refractivity contribution in [3.8, 4) is 0 Å². The topological polar surface area (TPSA) is 54.5 Å². The van der Waals surface area contributed by atoms with Gasteiger partial charge < -0.3 is 19.6 Å². The number of aromatic nitrogens is 1. The number of aliphatic hydroxyl groups is 1. The number of nitrogens with one attached hydrogen (secondary N) is 1. The van der Waals surface area contributed by atoms with Gasteiger partial charge in [-0.2, -0.15) is 0 Å². The lowest BCUT2D eigenvalue weighted by atomic mass is 10.1. The molecule has 4 nitrogen and oxygen atoms in total. The number of hydrogen-bond donors (Lipinski definition) is 2. The average Bonchev–Trinajstić information content (AvgIpc) is 2.81. The summed E-state index contributed by atoms with van der Waals surface area (Å²) in [5.41, 5.74) is 1.94. The van der Waals surface area contributed by atoms with Crippen molar-refractivity contribution in [1.29, 1.82) is 0 Å². The second-order valence-corrected chi connectivity index (χ2v) is 3.91. The van der Waals surface area contributed by atoms with Crippen LogP contribution in [-0.4, -0.2) is 37.0 Å². The van der Waals surface area contributed by atoms with Crippen LogP contribution in [0.4, 0.5) is 0 Å². The number of rotatable bonds is 6. The Morgan fingerprint density at radius 2 is 2.18 bits per heavy atom. The van der Waals surface area contributed by atoms with E-state index in [-0.39, 0.29) is 0 Å². The second-order valence-electron chi connectivity index (χ2n) is 3.91. The van der Waals surface area contributed by atoms with Crippen LogP contribution in [0.2, 0.25) is 0 Å². The maximum absolute atomic E-state index is 9.94.